The minimum absolute atomic E-state index is 0.00839. The van der Waals surface area contributed by atoms with Crippen LogP contribution in [0.2, 0.25) is 0 Å². The first kappa shape index (κ1) is 18.5. The monoisotopic (exact) mass is 386 g/mol. The van der Waals surface area contributed by atoms with Crippen LogP contribution in [-0.4, -0.2) is 41.7 Å². The molecule has 0 aliphatic carbocycles. The van der Waals surface area contributed by atoms with Gasteiger partial charge in [0.25, 0.3) is 5.89 Å². The molecule has 2 atom stereocenters. The molecule has 8 heteroatoms. The van der Waals surface area contributed by atoms with Crippen LogP contribution in [0.25, 0.3) is 0 Å². The van der Waals surface area contributed by atoms with Crippen LogP contribution in [0.1, 0.15) is 29.4 Å². The molecular formula is C20H20F2N4O2. The van der Waals surface area contributed by atoms with Crippen molar-refractivity contribution in [3.8, 4) is 5.75 Å². The summed E-state index contributed by atoms with van der Waals surface area (Å²) in [5.41, 5.74) is 0.762. The van der Waals surface area contributed by atoms with Gasteiger partial charge in [0.2, 0.25) is 6.10 Å². The Kier molecular flexibility index (Phi) is 5.31. The number of piperazine rings is 1. The lowest BCUT2D eigenvalue weighted by atomic mass is 10.1. The summed E-state index contributed by atoms with van der Waals surface area (Å²) in [6, 6.07) is 12.7. The summed E-state index contributed by atoms with van der Waals surface area (Å²) in [5, 5.41) is 7.44. The fourth-order valence-electron chi connectivity index (χ4n) is 3.16. The van der Waals surface area contributed by atoms with E-state index in [2.05, 4.69) is 20.4 Å². The number of rotatable bonds is 5. The van der Waals surface area contributed by atoms with Crippen molar-refractivity contribution < 1.29 is 18.0 Å². The number of likely N-dealkylation sites (N-methyl/N-ethyl adjacent to an activating group) is 1. The second-order valence-corrected chi connectivity index (χ2v) is 6.68. The fraction of sp³-hybridized carbons (Fsp3) is 0.300. The lowest BCUT2D eigenvalue weighted by molar-refractivity contribution is 0.184. The summed E-state index contributed by atoms with van der Waals surface area (Å²) >= 11 is 0. The molecule has 0 spiro atoms. The molecule has 0 amide bonds. The van der Waals surface area contributed by atoms with Crippen molar-refractivity contribution in [1.29, 1.82) is 0 Å². The van der Waals surface area contributed by atoms with Crippen molar-refractivity contribution in [2.45, 2.75) is 12.1 Å². The topological polar surface area (TPSA) is 63.4 Å². The molecule has 2 heterocycles. The number of nitrogens with one attached hydrogen (secondary N) is 1. The molecule has 146 valence electrons. The highest BCUT2D eigenvalue weighted by atomic mass is 19.2. The second-order valence-electron chi connectivity index (χ2n) is 6.68. The molecule has 0 saturated carbocycles. The molecule has 1 aromatic heterocycles. The summed E-state index contributed by atoms with van der Waals surface area (Å²) in [7, 11) is 2.01. The summed E-state index contributed by atoms with van der Waals surface area (Å²) < 4.78 is 38.3. The molecule has 28 heavy (non-hydrogen) atoms. The van der Waals surface area contributed by atoms with Gasteiger partial charge in [0.15, 0.2) is 17.5 Å². The van der Waals surface area contributed by atoms with Crippen LogP contribution in [0.3, 0.4) is 0 Å². The van der Waals surface area contributed by atoms with Crippen LogP contribution in [0.15, 0.2) is 53.1 Å². The number of aromatic nitrogens is 2. The maximum absolute atomic E-state index is 13.6. The average molecular weight is 386 g/mol. The van der Waals surface area contributed by atoms with Gasteiger partial charge in [-0.25, -0.2) is 8.78 Å². The third-order valence-electron chi connectivity index (χ3n) is 4.74. The SMILES string of the molecule is CN1CCNCC1c1noc(C(Oc2ccc(F)c(F)c2)c2ccccc2)n1. The van der Waals surface area contributed by atoms with E-state index in [0.29, 0.717) is 5.82 Å². The lowest BCUT2D eigenvalue weighted by Gasteiger charge is -2.30. The minimum atomic E-state index is -0.981. The lowest BCUT2D eigenvalue weighted by Crippen LogP contribution is -2.44. The molecule has 6 nitrogen and oxygen atoms in total. The average Bonchev–Trinajstić information content (AvgIpc) is 3.19. The molecule has 1 aliphatic heterocycles. The summed E-state index contributed by atoms with van der Waals surface area (Å²) in [6.45, 7) is 2.50. The van der Waals surface area contributed by atoms with Crippen LogP contribution in [0.4, 0.5) is 8.78 Å². The van der Waals surface area contributed by atoms with Gasteiger partial charge in [-0.15, -0.1) is 0 Å². The van der Waals surface area contributed by atoms with E-state index >= 15 is 0 Å². The van der Waals surface area contributed by atoms with E-state index in [4.69, 9.17) is 9.26 Å². The summed E-state index contributed by atoms with van der Waals surface area (Å²) in [6.07, 6.45) is -0.742. The van der Waals surface area contributed by atoms with Gasteiger partial charge in [0, 0.05) is 31.3 Å². The number of benzene rings is 2. The predicted octanol–water partition coefficient (Wildman–Crippen LogP) is 3.09. The Labute approximate surface area is 161 Å². The zero-order valence-corrected chi connectivity index (χ0v) is 15.3. The van der Waals surface area contributed by atoms with Crippen molar-refractivity contribution in [2.24, 2.45) is 0 Å². The van der Waals surface area contributed by atoms with Gasteiger partial charge in [-0.05, 0) is 19.2 Å². The Balaban J connectivity index is 1.65. The molecule has 2 unspecified atom stereocenters. The third kappa shape index (κ3) is 3.88. The first-order chi connectivity index (χ1) is 13.6. The van der Waals surface area contributed by atoms with E-state index in [-0.39, 0.29) is 17.7 Å². The summed E-state index contributed by atoms with van der Waals surface area (Å²) in [5.74, 6) is -0.935. The van der Waals surface area contributed by atoms with Gasteiger partial charge in [0.05, 0.1) is 6.04 Å². The molecular weight excluding hydrogens is 366 g/mol. The number of hydrogen-bond donors (Lipinski definition) is 1. The molecule has 1 N–H and O–H groups in total. The highest BCUT2D eigenvalue weighted by Crippen LogP contribution is 2.29. The molecule has 1 saturated heterocycles. The fourth-order valence-corrected chi connectivity index (χ4v) is 3.16. The Morgan fingerprint density at radius 1 is 1.18 bits per heavy atom. The molecule has 1 aliphatic rings. The highest BCUT2D eigenvalue weighted by molar-refractivity contribution is 5.28. The Morgan fingerprint density at radius 2 is 2.00 bits per heavy atom. The molecule has 3 aromatic rings. The number of nitrogens with zero attached hydrogens (tertiary/aromatic N) is 3. The van der Waals surface area contributed by atoms with E-state index < -0.39 is 17.7 Å². The number of halogens is 2. The maximum Gasteiger partial charge on any atom is 0.272 e. The first-order valence-electron chi connectivity index (χ1n) is 9.03. The smallest absolute Gasteiger partial charge is 0.272 e. The van der Waals surface area contributed by atoms with Gasteiger partial charge >= 0.3 is 0 Å². The third-order valence-corrected chi connectivity index (χ3v) is 4.74. The van der Waals surface area contributed by atoms with Gasteiger partial charge in [0.1, 0.15) is 5.75 Å². The van der Waals surface area contributed by atoms with Crippen molar-refractivity contribution in [1.82, 2.24) is 20.4 Å². The minimum Gasteiger partial charge on any atom is -0.476 e. The molecule has 1 fully saturated rings. The van der Waals surface area contributed by atoms with E-state index in [1.165, 1.54) is 6.07 Å². The molecule has 0 radical (unpaired) electrons. The summed E-state index contributed by atoms with van der Waals surface area (Å²) in [4.78, 5) is 6.70. The predicted molar refractivity (Wildman–Crippen MR) is 97.8 cm³/mol. The van der Waals surface area contributed by atoms with Crippen LogP contribution in [0.5, 0.6) is 5.75 Å². The van der Waals surface area contributed by atoms with Gasteiger partial charge in [-0.1, -0.05) is 35.5 Å². The van der Waals surface area contributed by atoms with Crippen LogP contribution < -0.4 is 10.1 Å². The number of hydrogen-bond acceptors (Lipinski definition) is 6. The Bertz CT molecular complexity index is 935. The van der Waals surface area contributed by atoms with Crippen molar-refractivity contribution >= 4 is 0 Å². The van der Waals surface area contributed by atoms with E-state index in [0.717, 1.165) is 37.3 Å². The molecule has 2 aromatic carbocycles. The Morgan fingerprint density at radius 3 is 2.75 bits per heavy atom. The van der Waals surface area contributed by atoms with Crippen molar-refractivity contribution in [3.63, 3.8) is 0 Å². The standard InChI is InChI=1S/C20H20F2N4O2/c1-26-10-9-23-12-17(26)19-24-20(28-25-19)18(13-5-3-2-4-6-13)27-14-7-8-15(21)16(22)11-14/h2-8,11,17-18,23H,9-10,12H2,1H3. The Hall–Kier alpha value is -2.84. The van der Waals surface area contributed by atoms with Gasteiger partial charge in [-0.2, -0.15) is 4.98 Å². The second kappa shape index (κ2) is 8.04. The normalized spacial score (nSPS) is 18.8. The molecule has 4 rings (SSSR count). The molecule has 0 bridgehead atoms. The first-order valence-corrected chi connectivity index (χ1v) is 9.03. The van der Waals surface area contributed by atoms with E-state index in [1.54, 1.807) is 0 Å². The van der Waals surface area contributed by atoms with Gasteiger partial charge in [-0.3, -0.25) is 4.90 Å². The van der Waals surface area contributed by atoms with Crippen LogP contribution >= 0.6 is 0 Å². The largest absolute Gasteiger partial charge is 0.476 e. The van der Waals surface area contributed by atoms with Crippen LogP contribution in [0, 0.1) is 11.6 Å². The zero-order chi connectivity index (χ0) is 19.5. The van der Waals surface area contributed by atoms with Crippen molar-refractivity contribution in [2.75, 3.05) is 26.7 Å². The maximum atomic E-state index is 13.6. The van der Waals surface area contributed by atoms with Crippen molar-refractivity contribution in [3.05, 3.63) is 77.4 Å². The van der Waals surface area contributed by atoms with E-state index in [1.807, 2.05) is 37.4 Å². The van der Waals surface area contributed by atoms with Gasteiger partial charge < -0.3 is 14.6 Å². The van der Waals surface area contributed by atoms with Crippen LogP contribution in [-0.2, 0) is 0 Å². The highest BCUT2D eigenvalue weighted by Gasteiger charge is 2.29. The number of ether oxygens (including phenoxy) is 1. The zero-order valence-electron chi connectivity index (χ0n) is 15.3. The van der Waals surface area contributed by atoms with E-state index in [9.17, 15) is 8.78 Å². The quantitative estimate of drug-likeness (QED) is 0.727.